The highest BCUT2D eigenvalue weighted by Gasteiger charge is 2.13. The van der Waals surface area contributed by atoms with Gasteiger partial charge < -0.3 is 4.52 Å². The van der Waals surface area contributed by atoms with Crippen LogP contribution in [0.3, 0.4) is 0 Å². The molecular formula is C17H15N5OS2. The molecule has 1 aromatic carbocycles. The lowest BCUT2D eigenvalue weighted by molar-refractivity contribution is 0.427. The highest BCUT2D eigenvalue weighted by Crippen LogP contribution is 2.28. The zero-order valence-corrected chi connectivity index (χ0v) is 15.3. The fraction of sp³-hybridized carbons (Fsp3) is 0.176. The quantitative estimate of drug-likeness (QED) is 0.489. The molecular weight excluding hydrogens is 354 g/mol. The number of aryl methyl sites for hydroxylation is 2. The second kappa shape index (κ2) is 6.81. The van der Waals surface area contributed by atoms with E-state index >= 15 is 0 Å². The van der Waals surface area contributed by atoms with Gasteiger partial charge in [-0.15, -0.1) is 16.4 Å². The van der Waals surface area contributed by atoms with Gasteiger partial charge in [0, 0.05) is 11.8 Å². The zero-order valence-electron chi connectivity index (χ0n) is 13.7. The van der Waals surface area contributed by atoms with E-state index in [4.69, 9.17) is 4.52 Å². The second-order valence-electron chi connectivity index (χ2n) is 5.59. The van der Waals surface area contributed by atoms with Crippen molar-refractivity contribution in [3.8, 4) is 16.3 Å². The predicted molar refractivity (Wildman–Crippen MR) is 98.0 cm³/mol. The maximum atomic E-state index is 5.41. The van der Waals surface area contributed by atoms with E-state index in [9.17, 15) is 0 Å². The molecule has 25 heavy (non-hydrogen) atoms. The van der Waals surface area contributed by atoms with E-state index in [2.05, 4.69) is 46.7 Å². The molecule has 0 aliphatic heterocycles. The molecule has 0 amide bonds. The van der Waals surface area contributed by atoms with Gasteiger partial charge in [0.15, 0.2) is 5.76 Å². The van der Waals surface area contributed by atoms with Crippen LogP contribution < -0.4 is 0 Å². The maximum absolute atomic E-state index is 5.41. The molecule has 8 heteroatoms. The van der Waals surface area contributed by atoms with Crippen LogP contribution in [0.15, 0.2) is 51.5 Å². The molecule has 4 rings (SSSR count). The Hall–Kier alpha value is -2.45. The molecule has 0 N–H and O–H groups in total. The minimum atomic E-state index is 0.639. The van der Waals surface area contributed by atoms with Crippen LogP contribution in [0, 0.1) is 13.8 Å². The van der Waals surface area contributed by atoms with Gasteiger partial charge in [-0.25, -0.2) is 0 Å². The molecule has 0 saturated carbocycles. The number of tetrazole rings is 1. The van der Waals surface area contributed by atoms with Gasteiger partial charge in [-0.05, 0) is 59.0 Å². The SMILES string of the molecule is Cc1ccc(-n2nnnc2SCc2cc(-c3cccs3)on2)cc1C. The van der Waals surface area contributed by atoms with Crippen LogP contribution in [-0.2, 0) is 5.75 Å². The number of thiophene rings is 1. The lowest BCUT2D eigenvalue weighted by Crippen LogP contribution is -2.00. The molecule has 0 saturated heterocycles. The van der Waals surface area contributed by atoms with Crippen molar-refractivity contribution in [2.24, 2.45) is 0 Å². The van der Waals surface area contributed by atoms with Gasteiger partial charge in [0.25, 0.3) is 0 Å². The number of hydrogen-bond donors (Lipinski definition) is 0. The van der Waals surface area contributed by atoms with Crippen molar-refractivity contribution in [2.75, 3.05) is 0 Å². The first kappa shape index (κ1) is 16.0. The first-order valence-corrected chi connectivity index (χ1v) is 9.55. The van der Waals surface area contributed by atoms with E-state index in [1.807, 2.05) is 29.6 Å². The number of hydrogen-bond acceptors (Lipinski definition) is 7. The molecule has 0 bridgehead atoms. The summed E-state index contributed by atoms with van der Waals surface area (Å²) in [6.45, 7) is 4.17. The third-order valence-corrected chi connectivity index (χ3v) is 5.69. The van der Waals surface area contributed by atoms with Crippen molar-refractivity contribution in [3.05, 3.63) is 58.6 Å². The lowest BCUT2D eigenvalue weighted by Gasteiger charge is -2.06. The van der Waals surface area contributed by atoms with Crippen LogP contribution in [0.2, 0.25) is 0 Å². The van der Waals surface area contributed by atoms with Crippen molar-refractivity contribution >= 4 is 23.1 Å². The zero-order chi connectivity index (χ0) is 17.2. The largest absolute Gasteiger partial charge is 0.355 e. The van der Waals surface area contributed by atoms with Crippen LogP contribution in [0.4, 0.5) is 0 Å². The van der Waals surface area contributed by atoms with Crippen LogP contribution in [-0.4, -0.2) is 25.4 Å². The molecule has 0 fully saturated rings. The van der Waals surface area contributed by atoms with Crippen LogP contribution in [0.1, 0.15) is 16.8 Å². The molecule has 0 aliphatic carbocycles. The van der Waals surface area contributed by atoms with E-state index in [1.54, 1.807) is 16.0 Å². The lowest BCUT2D eigenvalue weighted by atomic mass is 10.1. The number of rotatable bonds is 5. The summed E-state index contributed by atoms with van der Waals surface area (Å²) in [7, 11) is 0. The number of nitrogens with zero attached hydrogens (tertiary/aromatic N) is 5. The molecule has 0 spiro atoms. The highest BCUT2D eigenvalue weighted by atomic mass is 32.2. The summed E-state index contributed by atoms with van der Waals surface area (Å²) in [5.41, 5.74) is 4.27. The first-order valence-electron chi connectivity index (χ1n) is 7.69. The molecule has 6 nitrogen and oxygen atoms in total. The summed E-state index contributed by atoms with van der Waals surface area (Å²) in [5.74, 6) is 1.43. The van der Waals surface area contributed by atoms with Crippen molar-refractivity contribution < 1.29 is 4.52 Å². The predicted octanol–water partition coefficient (Wildman–Crippen LogP) is 4.29. The molecule has 0 aliphatic rings. The average molecular weight is 369 g/mol. The van der Waals surface area contributed by atoms with Crippen molar-refractivity contribution in [3.63, 3.8) is 0 Å². The molecule has 0 radical (unpaired) electrons. The molecule has 0 unspecified atom stereocenters. The summed E-state index contributed by atoms with van der Waals surface area (Å²) < 4.78 is 7.16. The third kappa shape index (κ3) is 3.35. The van der Waals surface area contributed by atoms with Crippen molar-refractivity contribution in [1.82, 2.24) is 25.4 Å². The van der Waals surface area contributed by atoms with Crippen molar-refractivity contribution in [2.45, 2.75) is 24.8 Å². The third-order valence-electron chi connectivity index (χ3n) is 3.85. The van der Waals surface area contributed by atoms with Crippen LogP contribution in [0.5, 0.6) is 0 Å². The van der Waals surface area contributed by atoms with E-state index in [1.165, 1.54) is 22.9 Å². The number of thioether (sulfide) groups is 1. The Morgan fingerprint density at radius 1 is 1.16 bits per heavy atom. The Morgan fingerprint density at radius 2 is 2.08 bits per heavy atom. The summed E-state index contributed by atoms with van der Waals surface area (Å²) >= 11 is 3.16. The normalized spacial score (nSPS) is 11.1. The van der Waals surface area contributed by atoms with Crippen LogP contribution >= 0.6 is 23.1 Å². The first-order chi connectivity index (χ1) is 12.2. The molecule has 3 heterocycles. The highest BCUT2D eigenvalue weighted by molar-refractivity contribution is 7.98. The maximum Gasteiger partial charge on any atom is 0.214 e. The van der Waals surface area contributed by atoms with Crippen molar-refractivity contribution in [1.29, 1.82) is 0 Å². The Morgan fingerprint density at radius 3 is 2.88 bits per heavy atom. The Bertz CT molecular complexity index is 990. The standard InChI is InChI=1S/C17H15N5OS2/c1-11-5-6-14(8-12(11)2)22-17(18-20-21-22)25-10-13-9-15(23-19-13)16-4-3-7-24-16/h3-9H,10H2,1-2H3. The molecule has 3 aromatic heterocycles. The Labute approximate surface area is 152 Å². The number of aromatic nitrogens is 5. The van der Waals surface area contributed by atoms with E-state index in [-0.39, 0.29) is 0 Å². The smallest absolute Gasteiger partial charge is 0.214 e. The fourth-order valence-electron chi connectivity index (χ4n) is 2.34. The van der Waals surface area contributed by atoms with Gasteiger partial charge in [0.05, 0.1) is 16.3 Å². The topological polar surface area (TPSA) is 69.6 Å². The summed E-state index contributed by atoms with van der Waals surface area (Å²) in [6, 6.07) is 12.2. The molecule has 4 aromatic rings. The molecule has 0 atom stereocenters. The fourth-order valence-corrected chi connectivity index (χ4v) is 3.79. The second-order valence-corrected chi connectivity index (χ2v) is 7.48. The van der Waals surface area contributed by atoms with Crippen LogP contribution in [0.25, 0.3) is 16.3 Å². The van der Waals surface area contributed by atoms with Gasteiger partial charge in [0.2, 0.25) is 5.16 Å². The summed E-state index contributed by atoms with van der Waals surface area (Å²) in [6.07, 6.45) is 0. The Balaban J connectivity index is 1.51. The van der Waals surface area contributed by atoms with Gasteiger partial charge in [-0.2, -0.15) is 4.68 Å². The molecule has 126 valence electrons. The Kier molecular flexibility index (Phi) is 4.37. The van der Waals surface area contributed by atoms with Gasteiger partial charge in [0.1, 0.15) is 0 Å². The monoisotopic (exact) mass is 369 g/mol. The van der Waals surface area contributed by atoms with E-state index in [0.29, 0.717) is 5.75 Å². The minimum Gasteiger partial charge on any atom is -0.355 e. The number of benzene rings is 1. The summed E-state index contributed by atoms with van der Waals surface area (Å²) in [4.78, 5) is 1.07. The van der Waals surface area contributed by atoms with Gasteiger partial charge in [-0.3, -0.25) is 0 Å². The summed E-state index contributed by atoms with van der Waals surface area (Å²) in [5, 5.41) is 18.9. The van der Waals surface area contributed by atoms with E-state index < -0.39 is 0 Å². The van der Waals surface area contributed by atoms with Gasteiger partial charge >= 0.3 is 0 Å². The average Bonchev–Trinajstić information content (AvgIpc) is 3.36. The van der Waals surface area contributed by atoms with Gasteiger partial charge in [-0.1, -0.05) is 29.1 Å². The van der Waals surface area contributed by atoms with E-state index in [0.717, 1.165) is 27.2 Å². The minimum absolute atomic E-state index is 0.639.